The molecule has 0 N–H and O–H groups in total. The Morgan fingerprint density at radius 3 is 2.59 bits per heavy atom. The van der Waals surface area contributed by atoms with E-state index in [1.807, 2.05) is 13.0 Å². The summed E-state index contributed by atoms with van der Waals surface area (Å²) in [6, 6.07) is 9.98. The quantitative estimate of drug-likeness (QED) is 0.628. The van der Waals surface area contributed by atoms with E-state index in [1.54, 1.807) is 31.2 Å². The monoisotopic (exact) mass is 304 g/mol. The first-order chi connectivity index (χ1) is 10.5. The minimum Gasteiger partial charge on any atom is -0.486 e. The molecule has 2 aromatic carbocycles. The Hall–Kier alpha value is -2.56. The zero-order chi connectivity index (χ0) is 16.1. The second-order valence-corrected chi connectivity index (χ2v) is 4.83. The first-order valence-electron chi connectivity index (χ1n) is 6.74. The van der Waals surface area contributed by atoms with E-state index in [-0.39, 0.29) is 12.4 Å². The average molecular weight is 304 g/mol. The molecule has 0 bridgehead atoms. The van der Waals surface area contributed by atoms with Crippen molar-refractivity contribution in [2.45, 2.75) is 20.5 Å². The topological polar surface area (TPSA) is 44.8 Å². The molecule has 0 saturated carbocycles. The molecule has 0 fully saturated rings. The fraction of sp³-hybridized carbons (Fsp3) is 0.235. The summed E-state index contributed by atoms with van der Waals surface area (Å²) in [4.78, 5) is 11.3. The highest BCUT2D eigenvalue weighted by Crippen LogP contribution is 2.26. The Morgan fingerprint density at radius 2 is 1.91 bits per heavy atom. The lowest BCUT2D eigenvalue weighted by atomic mass is 10.1. The Balaban J connectivity index is 2.19. The number of carbonyl (C=O) groups excluding carboxylic acids is 1. The van der Waals surface area contributed by atoms with Gasteiger partial charge in [-0.05, 0) is 43.2 Å². The maximum absolute atomic E-state index is 13.8. The minimum atomic E-state index is -0.812. The summed E-state index contributed by atoms with van der Waals surface area (Å²) >= 11 is 0. The van der Waals surface area contributed by atoms with Gasteiger partial charge in [0.2, 0.25) is 0 Å². The molecule has 0 aliphatic rings. The van der Waals surface area contributed by atoms with E-state index in [2.05, 4.69) is 4.74 Å². The van der Waals surface area contributed by atoms with Gasteiger partial charge in [0.05, 0.1) is 7.11 Å². The van der Waals surface area contributed by atoms with Crippen molar-refractivity contribution >= 4 is 6.16 Å². The van der Waals surface area contributed by atoms with Crippen molar-refractivity contribution in [3.8, 4) is 11.5 Å². The van der Waals surface area contributed by atoms with Gasteiger partial charge < -0.3 is 14.2 Å². The molecule has 0 aliphatic carbocycles. The van der Waals surface area contributed by atoms with Gasteiger partial charge in [0.15, 0.2) is 11.6 Å². The van der Waals surface area contributed by atoms with Crippen LogP contribution in [0.1, 0.15) is 16.7 Å². The highest BCUT2D eigenvalue weighted by atomic mass is 19.1. The van der Waals surface area contributed by atoms with Crippen LogP contribution in [-0.2, 0) is 11.3 Å². The molecule has 0 atom stereocenters. The number of hydrogen-bond donors (Lipinski definition) is 0. The van der Waals surface area contributed by atoms with Gasteiger partial charge in [-0.1, -0.05) is 18.2 Å². The highest BCUT2D eigenvalue weighted by Gasteiger charge is 2.13. The molecule has 0 radical (unpaired) electrons. The SMILES string of the molecule is COC(=O)Oc1cccc(C)c1COc1ccc(C)cc1F. The fourth-order valence-electron chi connectivity index (χ4n) is 1.96. The van der Waals surface area contributed by atoms with Gasteiger partial charge in [-0.25, -0.2) is 9.18 Å². The molecular weight excluding hydrogens is 287 g/mol. The first-order valence-corrected chi connectivity index (χ1v) is 6.74. The normalized spacial score (nSPS) is 10.2. The molecule has 5 heteroatoms. The van der Waals surface area contributed by atoms with Gasteiger partial charge in [-0.2, -0.15) is 0 Å². The van der Waals surface area contributed by atoms with Crippen molar-refractivity contribution in [2.75, 3.05) is 7.11 Å². The lowest BCUT2D eigenvalue weighted by molar-refractivity contribution is 0.120. The lowest BCUT2D eigenvalue weighted by Gasteiger charge is -2.13. The average Bonchev–Trinajstić information content (AvgIpc) is 2.48. The van der Waals surface area contributed by atoms with Crippen molar-refractivity contribution < 1.29 is 23.4 Å². The molecule has 0 amide bonds. The van der Waals surface area contributed by atoms with E-state index in [0.717, 1.165) is 11.1 Å². The third kappa shape index (κ3) is 3.75. The molecule has 0 aliphatic heterocycles. The summed E-state index contributed by atoms with van der Waals surface area (Å²) in [5.41, 5.74) is 2.34. The van der Waals surface area contributed by atoms with Crippen molar-refractivity contribution in [1.29, 1.82) is 0 Å². The maximum atomic E-state index is 13.8. The first kappa shape index (κ1) is 15.8. The Kier molecular flexibility index (Phi) is 4.99. The molecule has 0 heterocycles. The molecular formula is C17H17FO4. The van der Waals surface area contributed by atoms with Crippen LogP contribution in [0, 0.1) is 19.7 Å². The van der Waals surface area contributed by atoms with Gasteiger partial charge >= 0.3 is 6.16 Å². The van der Waals surface area contributed by atoms with Crippen LogP contribution in [-0.4, -0.2) is 13.3 Å². The maximum Gasteiger partial charge on any atom is 0.513 e. The second kappa shape index (κ2) is 6.93. The molecule has 2 rings (SSSR count). The van der Waals surface area contributed by atoms with Crippen LogP contribution in [0.5, 0.6) is 11.5 Å². The second-order valence-electron chi connectivity index (χ2n) is 4.83. The summed E-state index contributed by atoms with van der Waals surface area (Å²) in [5, 5.41) is 0. The van der Waals surface area contributed by atoms with E-state index >= 15 is 0 Å². The zero-order valence-electron chi connectivity index (χ0n) is 12.7. The van der Waals surface area contributed by atoms with Crippen LogP contribution >= 0.6 is 0 Å². The van der Waals surface area contributed by atoms with E-state index in [0.29, 0.717) is 11.3 Å². The smallest absolute Gasteiger partial charge is 0.486 e. The number of hydrogen-bond acceptors (Lipinski definition) is 4. The summed E-state index contributed by atoms with van der Waals surface area (Å²) in [6.07, 6.45) is -0.812. The zero-order valence-corrected chi connectivity index (χ0v) is 12.7. The van der Waals surface area contributed by atoms with Crippen molar-refractivity contribution in [2.24, 2.45) is 0 Å². The number of ether oxygens (including phenoxy) is 3. The predicted molar refractivity (Wildman–Crippen MR) is 79.7 cm³/mol. The Bertz CT molecular complexity index is 682. The minimum absolute atomic E-state index is 0.0823. The van der Waals surface area contributed by atoms with Gasteiger partial charge in [-0.3, -0.25) is 0 Å². The van der Waals surface area contributed by atoms with Gasteiger partial charge in [0, 0.05) is 5.56 Å². The molecule has 4 nitrogen and oxygen atoms in total. The van der Waals surface area contributed by atoms with Gasteiger partial charge in [0.25, 0.3) is 0 Å². The molecule has 22 heavy (non-hydrogen) atoms. The van der Waals surface area contributed by atoms with Gasteiger partial charge in [0.1, 0.15) is 12.4 Å². The van der Waals surface area contributed by atoms with Crippen LogP contribution in [0.15, 0.2) is 36.4 Å². The van der Waals surface area contributed by atoms with E-state index in [4.69, 9.17) is 9.47 Å². The van der Waals surface area contributed by atoms with Crippen LogP contribution in [0.3, 0.4) is 0 Å². The molecule has 2 aromatic rings. The third-order valence-corrected chi connectivity index (χ3v) is 3.19. The molecule has 0 unspecified atom stereocenters. The van der Waals surface area contributed by atoms with E-state index in [1.165, 1.54) is 13.2 Å². The number of benzene rings is 2. The fourth-order valence-corrected chi connectivity index (χ4v) is 1.96. The van der Waals surface area contributed by atoms with Crippen LogP contribution in [0.4, 0.5) is 9.18 Å². The van der Waals surface area contributed by atoms with Crippen molar-refractivity contribution in [3.63, 3.8) is 0 Å². The van der Waals surface area contributed by atoms with Crippen LogP contribution < -0.4 is 9.47 Å². The largest absolute Gasteiger partial charge is 0.513 e. The number of aryl methyl sites for hydroxylation is 2. The van der Waals surface area contributed by atoms with Gasteiger partial charge in [-0.15, -0.1) is 0 Å². The van der Waals surface area contributed by atoms with Crippen molar-refractivity contribution in [1.82, 2.24) is 0 Å². The summed E-state index contributed by atoms with van der Waals surface area (Å²) in [7, 11) is 1.23. The standard InChI is InChI=1S/C17H17FO4/c1-11-7-8-16(14(18)9-11)21-10-13-12(2)5-4-6-15(13)22-17(19)20-3/h4-9H,10H2,1-3H3. The lowest BCUT2D eigenvalue weighted by Crippen LogP contribution is -2.10. The van der Waals surface area contributed by atoms with Crippen LogP contribution in [0.2, 0.25) is 0 Å². The number of halogens is 1. The predicted octanol–water partition coefficient (Wildman–Crippen LogP) is 4.17. The summed E-state index contributed by atoms with van der Waals surface area (Å²) in [5.74, 6) is 0.0567. The summed E-state index contributed by atoms with van der Waals surface area (Å²) < 4.78 is 28.9. The number of carbonyl (C=O) groups is 1. The third-order valence-electron chi connectivity index (χ3n) is 3.19. The summed E-state index contributed by atoms with van der Waals surface area (Å²) in [6.45, 7) is 3.74. The number of rotatable bonds is 4. The Morgan fingerprint density at radius 1 is 1.14 bits per heavy atom. The molecule has 116 valence electrons. The molecule has 0 saturated heterocycles. The molecule has 0 aromatic heterocycles. The Labute approximate surface area is 128 Å². The van der Waals surface area contributed by atoms with E-state index < -0.39 is 12.0 Å². The number of methoxy groups -OCH3 is 1. The molecule has 0 spiro atoms. The van der Waals surface area contributed by atoms with Crippen molar-refractivity contribution in [3.05, 3.63) is 58.9 Å². The van der Waals surface area contributed by atoms with E-state index in [9.17, 15) is 9.18 Å². The van der Waals surface area contributed by atoms with Crippen LogP contribution in [0.25, 0.3) is 0 Å². The highest BCUT2D eigenvalue weighted by molar-refractivity contribution is 5.64.